The van der Waals surface area contributed by atoms with Gasteiger partial charge >= 0.3 is 0 Å². The molecule has 1 aromatic rings. The van der Waals surface area contributed by atoms with Crippen LogP contribution in [0.15, 0.2) is 10.7 Å². The van der Waals surface area contributed by atoms with Gasteiger partial charge in [-0.3, -0.25) is 0 Å². The van der Waals surface area contributed by atoms with Crippen LogP contribution in [0.2, 0.25) is 0 Å². The highest BCUT2D eigenvalue weighted by Crippen LogP contribution is 2.27. The van der Waals surface area contributed by atoms with Crippen LogP contribution in [0, 0.1) is 0 Å². The van der Waals surface area contributed by atoms with E-state index in [2.05, 4.69) is 31.2 Å². The van der Waals surface area contributed by atoms with Crippen LogP contribution in [-0.2, 0) is 0 Å². The smallest absolute Gasteiger partial charge is 0.232 e. The molecule has 0 saturated heterocycles. The third-order valence-corrected chi connectivity index (χ3v) is 3.40. The van der Waals surface area contributed by atoms with Gasteiger partial charge < -0.3 is 15.2 Å². The maximum absolute atomic E-state index is 10.0. The molecule has 0 aliphatic heterocycles. The summed E-state index contributed by atoms with van der Waals surface area (Å²) in [7, 11) is 1.54. The molecule has 17 heavy (non-hydrogen) atoms. The first-order valence-electron chi connectivity index (χ1n) is 5.24. The zero-order chi connectivity index (χ0) is 13.3. The maximum Gasteiger partial charge on any atom is 0.232 e. The van der Waals surface area contributed by atoms with Gasteiger partial charge in [-0.1, -0.05) is 0 Å². The highest BCUT2D eigenvalue weighted by atomic mass is 79.9. The highest BCUT2D eigenvalue weighted by Gasteiger charge is 2.35. The molecule has 0 bridgehead atoms. The van der Waals surface area contributed by atoms with Crippen LogP contribution in [0.1, 0.15) is 27.7 Å². The van der Waals surface area contributed by atoms with E-state index in [4.69, 9.17) is 4.74 Å². The lowest BCUT2D eigenvalue weighted by Crippen LogP contribution is -2.51. The van der Waals surface area contributed by atoms with Gasteiger partial charge in [0, 0.05) is 0 Å². The van der Waals surface area contributed by atoms with Crippen molar-refractivity contribution in [2.75, 3.05) is 12.4 Å². The summed E-state index contributed by atoms with van der Waals surface area (Å²) in [5, 5.41) is 13.1. The van der Waals surface area contributed by atoms with Crippen LogP contribution in [-0.4, -0.2) is 33.3 Å². The molecule has 1 aromatic heterocycles. The van der Waals surface area contributed by atoms with Crippen molar-refractivity contribution >= 4 is 21.9 Å². The Morgan fingerprint density at radius 3 is 2.41 bits per heavy atom. The fraction of sp³-hybridized carbons (Fsp3) is 0.636. The molecule has 0 atom stereocenters. The Bertz CT molecular complexity index is 402. The van der Waals surface area contributed by atoms with E-state index in [0.29, 0.717) is 16.3 Å². The Morgan fingerprint density at radius 1 is 1.35 bits per heavy atom. The van der Waals surface area contributed by atoms with Gasteiger partial charge in [0.2, 0.25) is 11.8 Å². The zero-order valence-corrected chi connectivity index (χ0v) is 12.3. The molecule has 0 amide bonds. The topological polar surface area (TPSA) is 67.3 Å². The summed E-state index contributed by atoms with van der Waals surface area (Å²) in [6.45, 7) is 7.22. The van der Waals surface area contributed by atoms with Gasteiger partial charge in [-0.2, -0.15) is 4.98 Å². The van der Waals surface area contributed by atoms with Gasteiger partial charge in [0.05, 0.1) is 28.9 Å². The second kappa shape index (κ2) is 4.78. The minimum atomic E-state index is -0.906. The van der Waals surface area contributed by atoms with Crippen molar-refractivity contribution in [3.63, 3.8) is 0 Å². The van der Waals surface area contributed by atoms with E-state index < -0.39 is 11.1 Å². The minimum Gasteiger partial charge on any atom is -0.480 e. The molecule has 1 rings (SSSR count). The lowest BCUT2D eigenvalue weighted by molar-refractivity contribution is 0.0236. The Hall–Kier alpha value is -0.880. The van der Waals surface area contributed by atoms with Crippen molar-refractivity contribution in [2.45, 2.75) is 38.8 Å². The van der Waals surface area contributed by atoms with E-state index in [0.717, 1.165) is 0 Å². The number of hydrogen-bond donors (Lipinski definition) is 2. The van der Waals surface area contributed by atoms with E-state index in [9.17, 15) is 5.11 Å². The van der Waals surface area contributed by atoms with Crippen molar-refractivity contribution in [3.05, 3.63) is 10.7 Å². The Morgan fingerprint density at radius 2 is 1.94 bits per heavy atom. The van der Waals surface area contributed by atoms with E-state index in [1.54, 1.807) is 20.0 Å². The van der Waals surface area contributed by atoms with Gasteiger partial charge in [-0.15, -0.1) is 0 Å². The van der Waals surface area contributed by atoms with Gasteiger partial charge in [0.1, 0.15) is 0 Å². The van der Waals surface area contributed by atoms with Crippen molar-refractivity contribution in [2.24, 2.45) is 0 Å². The van der Waals surface area contributed by atoms with Gasteiger partial charge in [-0.25, -0.2) is 4.98 Å². The summed E-state index contributed by atoms with van der Waals surface area (Å²) < 4.78 is 5.77. The van der Waals surface area contributed by atoms with Crippen LogP contribution < -0.4 is 10.1 Å². The first kappa shape index (κ1) is 14.2. The molecule has 0 saturated carbocycles. The quantitative estimate of drug-likeness (QED) is 0.892. The predicted molar refractivity (Wildman–Crippen MR) is 70.3 cm³/mol. The summed E-state index contributed by atoms with van der Waals surface area (Å²) in [5.74, 6) is 0.867. The number of methoxy groups -OCH3 is 1. The molecule has 0 aliphatic rings. The molecular formula is C11H18BrN3O2. The van der Waals surface area contributed by atoms with Crippen molar-refractivity contribution in [1.82, 2.24) is 9.97 Å². The number of ether oxygens (including phenoxy) is 1. The average molecular weight is 304 g/mol. The third kappa shape index (κ3) is 3.29. The van der Waals surface area contributed by atoms with Gasteiger partial charge in [0.25, 0.3) is 0 Å². The lowest BCUT2D eigenvalue weighted by Gasteiger charge is -2.37. The number of aliphatic hydroxyl groups is 1. The monoisotopic (exact) mass is 303 g/mol. The van der Waals surface area contributed by atoms with Gasteiger partial charge in [0.15, 0.2) is 0 Å². The second-order valence-corrected chi connectivity index (χ2v) is 5.71. The molecular weight excluding hydrogens is 286 g/mol. The fourth-order valence-corrected chi connectivity index (χ4v) is 1.34. The molecule has 0 radical (unpaired) electrons. The molecule has 0 spiro atoms. The van der Waals surface area contributed by atoms with Crippen molar-refractivity contribution in [1.29, 1.82) is 0 Å². The number of hydrogen-bond acceptors (Lipinski definition) is 5. The number of halogens is 1. The second-order valence-electron chi connectivity index (χ2n) is 4.86. The number of nitrogens with zero attached hydrogens (tertiary/aromatic N) is 2. The Balaban J connectivity index is 2.96. The summed E-state index contributed by atoms with van der Waals surface area (Å²) in [4.78, 5) is 8.31. The molecule has 0 aliphatic carbocycles. The molecule has 0 aromatic carbocycles. The van der Waals surface area contributed by atoms with Crippen LogP contribution in [0.3, 0.4) is 0 Å². The van der Waals surface area contributed by atoms with E-state index >= 15 is 0 Å². The molecule has 0 fully saturated rings. The maximum atomic E-state index is 10.0. The minimum absolute atomic E-state index is 0.414. The number of anilines is 1. The number of rotatable bonds is 4. The average Bonchev–Trinajstić information content (AvgIpc) is 2.19. The fourth-order valence-electron chi connectivity index (χ4n) is 0.987. The Kier molecular flexibility index (Phi) is 3.99. The standard InChI is InChI=1S/C11H18BrN3O2/c1-10(2,11(3,4)16)15-9-13-6-7(12)8(14-9)17-5/h6,16H,1-5H3,(H,13,14,15). The SMILES string of the molecule is COc1nc(NC(C)(C)C(C)(C)O)ncc1Br. The van der Waals surface area contributed by atoms with Crippen LogP contribution in [0.25, 0.3) is 0 Å². The van der Waals surface area contributed by atoms with Crippen LogP contribution in [0.5, 0.6) is 5.88 Å². The summed E-state index contributed by atoms with van der Waals surface area (Å²) in [6.07, 6.45) is 1.61. The van der Waals surface area contributed by atoms with Crippen LogP contribution >= 0.6 is 15.9 Å². The zero-order valence-electron chi connectivity index (χ0n) is 10.7. The molecule has 5 nitrogen and oxygen atoms in total. The summed E-state index contributed by atoms with van der Waals surface area (Å²) in [5.41, 5.74) is -1.47. The van der Waals surface area contributed by atoms with Crippen LogP contribution in [0.4, 0.5) is 5.95 Å². The molecule has 96 valence electrons. The highest BCUT2D eigenvalue weighted by molar-refractivity contribution is 9.10. The predicted octanol–water partition coefficient (Wildman–Crippen LogP) is 2.21. The number of aromatic nitrogens is 2. The van der Waals surface area contributed by atoms with E-state index in [-0.39, 0.29) is 0 Å². The molecule has 6 heteroatoms. The molecule has 0 unspecified atom stereocenters. The first-order chi connectivity index (χ1) is 7.67. The molecule has 1 heterocycles. The third-order valence-electron chi connectivity index (χ3n) is 2.86. The summed E-state index contributed by atoms with van der Waals surface area (Å²) >= 11 is 3.28. The van der Waals surface area contributed by atoms with E-state index in [1.165, 1.54) is 7.11 Å². The molecule has 2 N–H and O–H groups in total. The Labute approximate surface area is 110 Å². The first-order valence-corrected chi connectivity index (χ1v) is 6.04. The normalized spacial score (nSPS) is 12.4. The lowest BCUT2D eigenvalue weighted by atomic mass is 9.86. The van der Waals surface area contributed by atoms with Gasteiger partial charge in [-0.05, 0) is 43.6 Å². The number of nitrogens with one attached hydrogen (secondary N) is 1. The van der Waals surface area contributed by atoms with Crippen molar-refractivity contribution < 1.29 is 9.84 Å². The van der Waals surface area contributed by atoms with E-state index in [1.807, 2.05) is 13.8 Å². The largest absolute Gasteiger partial charge is 0.480 e. The van der Waals surface area contributed by atoms with Crippen molar-refractivity contribution in [3.8, 4) is 5.88 Å². The summed E-state index contributed by atoms with van der Waals surface area (Å²) in [6, 6.07) is 0.